The molecule has 0 radical (unpaired) electrons. The van der Waals surface area contributed by atoms with Crippen LogP contribution in [0, 0.1) is 6.92 Å². The van der Waals surface area contributed by atoms with Crippen LogP contribution in [0.4, 0.5) is 5.95 Å². The molecular weight excluding hydrogens is 274 g/mol. The average molecular weight is 286 g/mol. The molecule has 5 heteroatoms. The number of nitrogens with two attached hydrogens (primary N) is 1. The lowest BCUT2D eigenvalue weighted by Crippen LogP contribution is -1.98. The van der Waals surface area contributed by atoms with Crippen molar-refractivity contribution in [3.05, 3.63) is 53.1 Å². The monoisotopic (exact) mass is 285 g/mol. The highest BCUT2D eigenvalue weighted by Gasteiger charge is 2.08. The minimum Gasteiger partial charge on any atom is -0.438 e. The second kappa shape index (κ2) is 4.98. The molecule has 0 bridgehead atoms. The average Bonchev–Trinajstić information content (AvgIpc) is 2.43. The van der Waals surface area contributed by atoms with Crippen molar-refractivity contribution in [2.24, 2.45) is 0 Å². The Balaban J connectivity index is 2.07. The summed E-state index contributed by atoms with van der Waals surface area (Å²) in [5.41, 5.74) is 7.40. The molecule has 0 atom stereocenters. The molecule has 0 aliphatic rings. The van der Waals surface area contributed by atoms with Crippen LogP contribution in [-0.2, 0) is 0 Å². The summed E-state index contributed by atoms with van der Waals surface area (Å²) in [6.45, 7) is 1.92. The van der Waals surface area contributed by atoms with Gasteiger partial charge in [0.05, 0.1) is 10.9 Å². The van der Waals surface area contributed by atoms with Gasteiger partial charge >= 0.3 is 0 Å². The Kier molecular flexibility index (Phi) is 3.16. The summed E-state index contributed by atoms with van der Waals surface area (Å²) < 4.78 is 5.82. The maximum Gasteiger partial charge on any atom is 0.231 e. The van der Waals surface area contributed by atoms with Crippen molar-refractivity contribution in [3.8, 4) is 11.6 Å². The fourth-order valence-corrected chi connectivity index (χ4v) is 2.05. The molecule has 1 heterocycles. The van der Waals surface area contributed by atoms with Gasteiger partial charge in [0, 0.05) is 5.02 Å². The molecule has 3 rings (SSSR count). The summed E-state index contributed by atoms with van der Waals surface area (Å²) >= 11 is 6.00. The smallest absolute Gasteiger partial charge is 0.231 e. The van der Waals surface area contributed by atoms with Gasteiger partial charge in [-0.3, -0.25) is 0 Å². The van der Waals surface area contributed by atoms with Crippen molar-refractivity contribution < 1.29 is 4.74 Å². The molecule has 0 saturated heterocycles. The van der Waals surface area contributed by atoms with E-state index in [1.54, 1.807) is 12.1 Å². The van der Waals surface area contributed by atoms with E-state index in [1.165, 1.54) is 0 Å². The van der Waals surface area contributed by atoms with Gasteiger partial charge in [-0.1, -0.05) is 23.7 Å². The van der Waals surface area contributed by atoms with Crippen LogP contribution in [0.3, 0.4) is 0 Å². The number of nitrogen functional groups attached to an aromatic ring is 1. The first-order valence-corrected chi connectivity index (χ1v) is 6.47. The lowest BCUT2D eigenvalue weighted by Gasteiger charge is -2.09. The molecule has 100 valence electrons. The molecule has 0 fully saturated rings. The summed E-state index contributed by atoms with van der Waals surface area (Å²) in [6.07, 6.45) is 0. The van der Waals surface area contributed by atoms with E-state index in [9.17, 15) is 0 Å². The number of nitrogens with zero attached hydrogens (tertiary/aromatic N) is 2. The summed E-state index contributed by atoms with van der Waals surface area (Å²) in [5.74, 6) is 1.29. The van der Waals surface area contributed by atoms with Crippen molar-refractivity contribution in [1.29, 1.82) is 0 Å². The largest absolute Gasteiger partial charge is 0.438 e. The third-order valence-corrected chi connectivity index (χ3v) is 3.35. The summed E-state index contributed by atoms with van der Waals surface area (Å²) in [6, 6.07) is 13.0. The van der Waals surface area contributed by atoms with E-state index in [1.807, 2.05) is 37.3 Å². The molecule has 2 aromatic carbocycles. The van der Waals surface area contributed by atoms with Gasteiger partial charge in [0.1, 0.15) is 5.75 Å². The summed E-state index contributed by atoms with van der Waals surface area (Å²) in [4.78, 5) is 8.34. The van der Waals surface area contributed by atoms with Crippen LogP contribution in [0.1, 0.15) is 5.56 Å². The van der Waals surface area contributed by atoms with E-state index in [-0.39, 0.29) is 5.95 Å². The fourth-order valence-electron chi connectivity index (χ4n) is 1.93. The highest BCUT2D eigenvalue weighted by molar-refractivity contribution is 6.31. The second-order valence-electron chi connectivity index (χ2n) is 4.42. The number of halogens is 1. The van der Waals surface area contributed by atoms with Crippen molar-refractivity contribution >= 4 is 28.5 Å². The normalized spacial score (nSPS) is 10.7. The van der Waals surface area contributed by atoms with Crippen LogP contribution in [0.25, 0.3) is 10.9 Å². The highest BCUT2D eigenvalue weighted by atomic mass is 35.5. The second-order valence-corrected chi connectivity index (χ2v) is 4.82. The van der Waals surface area contributed by atoms with Crippen LogP contribution >= 0.6 is 11.6 Å². The maximum absolute atomic E-state index is 6.00. The Hall–Kier alpha value is -2.33. The molecular formula is C15H12ClN3O. The number of anilines is 1. The first kappa shape index (κ1) is 12.7. The van der Waals surface area contributed by atoms with Crippen LogP contribution in [0.2, 0.25) is 5.02 Å². The quantitative estimate of drug-likeness (QED) is 0.774. The number of aryl methyl sites for hydroxylation is 1. The highest BCUT2D eigenvalue weighted by Crippen LogP contribution is 2.29. The molecule has 0 aliphatic carbocycles. The zero-order valence-corrected chi connectivity index (χ0v) is 11.6. The van der Waals surface area contributed by atoms with E-state index < -0.39 is 0 Å². The number of para-hydroxylation sites is 1. The minimum absolute atomic E-state index is 0.185. The third kappa shape index (κ3) is 2.38. The standard InChI is InChI=1S/C15H12ClN3O/c1-9-8-10(6-7-12(9)16)20-14-11-4-2-3-5-13(11)18-15(17)19-14/h2-8H,1H3,(H2,17,18,19). The number of aromatic nitrogens is 2. The van der Waals surface area contributed by atoms with Crippen molar-refractivity contribution in [3.63, 3.8) is 0 Å². The molecule has 20 heavy (non-hydrogen) atoms. The molecule has 4 nitrogen and oxygen atoms in total. The van der Waals surface area contributed by atoms with Gasteiger partial charge in [0.2, 0.25) is 11.8 Å². The molecule has 2 N–H and O–H groups in total. The Morgan fingerprint density at radius 1 is 1.10 bits per heavy atom. The molecule has 0 spiro atoms. The van der Waals surface area contributed by atoms with E-state index in [0.717, 1.165) is 16.5 Å². The van der Waals surface area contributed by atoms with Crippen molar-refractivity contribution in [1.82, 2.24) is 9.97 Å². The fraction of sp³-hybridized carbons (Fsp3) is 0.0667. The van der Waals surface area contributed by atoms with E-state index in [2.05, 4.69) is 9.97 Å². The van der Waals surface area contributed by atoms with Crippen LogP contribution < -0.4 is 10.5 Å². The number of ether oxygens (including phenoxy) is 1. The summed E-state index contributed by atoms with van der Waals surface area (Å²) in [7, 11) is 0. The Morgan fingerprint density at radius 2 is 1.90 bits per heavy atom. The lowest BCUT2D eigenvalue weighted by molar-refractivity contribution is 0.469. The van der Waals surface area contributed by atoms with Gasteiger partial charge in [-0.05, 0) is 42.8 Å². The van der Waals surface area contributed by atoms with Crippen molar-refractivity contribution in [2.45, 2.75) is 6.92 Å². The Morgan fingerprint density at radius 3 is 2.70 bits per heavy atom. The van der Waals surface area contributed by atoms with Crippen LogP contribution in [-0.4, -0.2) is 9.97 Å². The van der Waals surface area contributed by atoms with Gasteiger partial charge in [-0.25, -0.2) is 4.98 Å². The first-order chi connectivity index (χ1) is 9.63. The third-order valence-electron chi connectivity index (χ3n) is 2.93. The van der Waals surface area contributed by atoms with Crippen molar-refractivity contribution in [2.75, 3.05) is 5.73 Å². The van der Waals surface area contributed by atoms with Gasteiger partial charge in [0.15, 0.2) is 0 Å². The Labute approximate surface area is 121 Å². The van der Waals surface area contributed by atoms with Gasteiger partial charge in [-0.2, -0.15) is 4.98 Å². The summed E-state index contributed by atoms with van der Waals surface area (Å²) in [5, 5.41) is 1.51. The number of hydrogen-bond acceptors (Lipinski definition) is 4. The zero-order chi connectivity index (χ0) is 14.1. The maximum atomic E-state index is 6.00. The van der Waals surface area contributed by atoms with E-state index in [0.29, 0.717) is 16.7 Å². The predicted molar refractivity (Wildman–Crippen MR) is 80.2 cm³/mol. The zero-order valence-electron chi connectivity index (χ0n) is 10.8. The van der Waals surface area contributed by atoms with Gasteiger partial charge in [0.25, 0.3) is 0 Å². The van der Waals surface area contributed by atoms with E-state index in [4.69, 9.17) is 22.1 Å². The van der Waals surface area contributed by atoms with Crippen LogP contribution in [0.5, 0.6) is 11.6 Å². The molecule has 3 aromatic rings. The predicted octanol–water partition coefficient (Wildman–Crippen LogP) is 3.97. The lowest BCUT2D eigenvalue weighted by atomic mass is 10.2. The Bertz CT molecular complexity index is 789. The molecule has 0 amide bonds. The van der Waals surface area contributed by atoms with E-state index >= 15 is 0 Å². The minimum atomic E-state index is 0.185. The SMILES string of the molecule is Cc1cc(Oc2nc(N)nc3ccccc23)ccc1Cl. The van der Waals surface area contributed by atoms with Gasteiger partial charge < -0.3 is 10.5 Å². The first-order valence-electron chi connectivity index (χ1n) is 6.10. The van der Waals surface area contributed by atoms with Crippen LogP contribution in [0.15, 0.2) is 42.5 Å². The molecule has 0 saturated carbocycles. The molecule has 0 aliphatic heterocycles. The number of hydrogen-bond donors (Lipinski definition) is 1. The molecule has 0 unspecified atom stereocenters. The topological polar surface area (TPSA) is 61.0 Å². The number of benzene rings is 2. The number of fused-ring (bicyclic) bond motifs is 1. The molecule has 1 aromatic heterocycles. The number of rotatable bonds is 2. The van der Waals surface area contributed by atoms with Gasteiger partial charge in [-0.15, -0.1) is 0 Å².